The number of pyridine rings is 1. The minimum absolute atomic E-state index is 0.698. The Kier molecular flexibility index (Phi) is 2.83. The zero-order valence-electron chi connectivity index (χ0n) is 10.5. The van der Waals surface area contributed by atoms with E-state index in [1.165, 1.54) is 0 Å². The van der Waals surface area contributed by atoms with E-state index in [2.05, 4.69) is 28.0 Å². The highest BCUT2D eigenvalue weighted by atomic mass is 32.1. The molecule has 3 rings (SSSR count). The normalized spacial score (nSPS) is 10.9. The van der Waals surface area contributed by atoms with Gasteiger partial charge in [-0.1, -0.05) is 0 Å². The fraction of sp³-hybridized carbons (Fsp3) is 0.167. The topological polar surface area (TPSA) is 56.4 Å². The van der Waals surface area contributed by atoms with Crippen molar-refractivity contribution in [1.82, 2.24) is 19.2 Å². The van der Waals surface area contributed by atoms with Crippen molar-refractivity contribution in [1.29, 1.82) is 0 Å². The van der Waals surface area contributed by atoms with E-state index < -0.39 is 0 Å². The number of fused-ring (bicyclic) bond motifs is 1. The summed E-state index contributed by atoms with van der Waals surface area (Å²) in [5.41, 5.74) is 1.72. The molecule has 0 radical (unpaired) electrons. The molecule has 0 aromatic carbocycles. The molecule has 0 aliphatic rings. The highest BCUT2D eigenvalue weighted by Gasteiger charge is 2.10. The second-order valence-electron chi connectivity index (χ2n) is 4.00. The van der Waals surface area contributed by atoms with Gasteiger partial charge in [0.2, 0.25) is 0 Å². The fourth-order valence-electron chi connectivity index (χ4n) is 1.89. The van der Waals surface area contributed by atoms with E-state index in [1.807, 2.05) is 29.9 Å². The van der Waals surface area contributed by atoms with Gasteiger partial charge in [-0.2, -0.15) is 5.10 Å². The van der Waals surface area contributed by atoms with Crippen molar-refractivity contribution in [2.75, 3.05) is 19.5 Å². The molecular weight excluding hydrogens is 262 g/mol. The van der Waals surface area contributed by atoms with E-state index in [0.29, 0.717) is 5.75 Å². The standard InChI is InChI=1S/C12H13N5OS/c1-13-8-4-15-17(6-8)12-5-14-11-3-9(18-2)10(19)7-16(11)12/h3-7,13,19H,1-2H3. The van der Waals surface area contributed by atoms with E-state index in [4.69, 9.17) is 4.74 Å². The maximum atomic E-state index is 5.23. The number of ether oxygens (including phenoxy) is 1. The summed E-state index contributed by atoms with van der Waals surface area (Å²) in [7, 11) is 3.47. The lowest BCUT2D eigenvalue weighted by molar-refractivity contribution is 0.404. The van der Waals surface area contributed by atoms with Crippen molar-refractivity contribution in [3.63, 3.8) is 0 Å². The Morgan fingerprint density at radius 2 is 2.16 bits per heavy atom. The van der Waals surface area contributed by atoms with Crippen molar-refractivity contribution in [2.24, 2.45) is 0 Å². The fourth-order valence-corrected chi connectivity index (χ4v) is 2.16. The van der Waals surface area contributed by atoms with Crippen LogP contribution in [0.25, 0.3) is 11.5 Å². The van der Waals surface area contributed by atoms with Crippen LogP contribution in [0, 0.1) is 0 Å². The van der Waals surface area contributed by atoms with E-state index in [1.54, 1.807) is 24.2 Å². The van der Waals surface area contributed by atoms with Crippen molar-refractivity contribution < 1.29 is 4.74 Å². The number of anilines is 1. The van der Waals surface area contributed by atoms with Gasteiger partial charge in [-0.25, -0.2) is 9.67 Å². The third-order valence-corrected chi connectivity index (χ3v) is 3.23. The monoisotopic (exact) mass is 275 g/mol. The van der Waals surface area contributed by atoms with E-state index in [0.717, 1.165) is 22.0 Å². The van der Waals surface area contributed by atoms with Gasteiger partial charge in [-0.3, -0.25) is 4.40 Å². The van der Waals surface area contributed by atoms with Crippen LogP contribution in [-0.2, 0) is 0 Å². The van der Waals surface area contributed by atoms with Gasteiger partial charge in [0.05, 0.1) is 36.3 Å². The average Bonchev–Trinajstić information content (AvgIpc) is 3.03. The van der Waals surface area contributed by atoms with Crippen molar-refractivity contribution >= 4 is 24.0 Å². The Hall–Kier alpha value is -2.15. The summed E-state index contributed by atoms with van der Waals surface area (Å²) < 4.78 is 8.90. The smallest absolute Gasteiger partial charge is 0.158 e. The molecule has 98 valence electrons. The molecule has 0 bridgehead atoms. The molecule has 6 nitrogen and oxygen atoms in total. The predicted octanol–water partition coefficient (Wildman–Crippen LogP) is 1.86. The molecule has 0 spiro atoms. The number of rotatable bonds is 3. The molecule has 0 saturated heterocycles. The van der Waals surface area contributed by atoms with Gasteiger partial charge in [0.15, 0.2) is 5.82 Å². The molecular formula is C12H13N5OS. The first-order chi connectivity index (χ1) is 9.22. The van der Waals surface area contributed by atoms with Crippen LogP contribution in [-0.4, -0.2) is 33.3 Å². The first-order valence-corrected chi connectivity index (χ1v) is 6.14. The largest absolute Gasteiger partial charge is 0.495 e. The van der Waals surface area contributed by atoms with Gasteiger partial charge in [0.25, 0.3) is 0 Å². The lowest BCUT2D eigenvalue weighted by Gasteiger charge is -2.06. The molecule has 0 unspecified atom stereocenters. The molecule has 0 saturated carbocycles. The van der Waals surface area contributed by atoms with Crippen LogP contribution in [0.3, 0.4) is 0 Å². The number of aromatic nitrogens is 4. The summed E-state index contributed by atoms with van der Waals surface area (Å²) in [4.78, 5) is 5.09. The zero-order chi connectivity index (χ0) is 13.4. The Morgan fingerprint density at radius 1 is 1.32 bits per heavy atom. The summed E-state index contributed by atoms with van der Waals surface area (Å²) in [6.07, 6.45) is 7.27. The number of hydrogen-bond donors (Lipinski definition) is 2. The first-order valence-electron chi connectivity index (χ1n) is 5.70. The summed E-state index contributed by atoms with van der Waals surface area (Å²) in [6.45, 7) is 0. The van der Waals surface area contributed by atoms with Crippen molar-refractivity contribution in [2.45, 2.75) is 4.90 Å². The maximum absolute atomic E-state index is 5.23. The average molecular weight is 275 g/mol. The molecule has 0 amide bonds. The van der Waals surface area contributed by atoms with Crippen LogP contribution in [0.4, 0.5) is 5.69 Å². The third-order valence-electron chi connectivity index (χ3n) is 2.90. The Balaban J connectivity index is 2.17. The predicted molar refractivity (Wildman–Crippen MR) is 75.7 cm³/mol. The van der Waals surface area contributed by atoms with Gasteiger partial charge in [0, 0.05) is 19.3 Å². The first kappa shape index (κ1) is 11.9. The zero-order valence-corrected chi connectivity index (χ0v) is 11.4. The number of imidazole rings is 1. The van der Waals surface area contributed by atoms with Crippen LogP contribution < -0.4 is 10.1 Å². The van der Waals surface area contributed by atoms with Gasteiger partial charge in [0.1, 0.15) is 11.4 Å². The van der Waals surface area contributed by atoms with Gasteiger partial charge in [-0.15, -0.1) is 12.6 Å². The molecule has 7 heteroatoms. The van der Waals surface area contributed by atoms with E-state index in [9.17, 15) is 0 Å². The maximum Gasteiger partial charge on any atom is 0.158 e. The van der Waals surface area contributed by atoms with Crippen LogP contribution in [0.15, 0.2) is 35.7 Å². The number of hydrogen-bond acceptors (Lipinski definition) is 5. The van der Waals surface area contributed by atoms with Crippen LogP contribution >= 0.6 is 12.6 Å². The minimum Gasteiger partial charge on any atom is -0.495 e. The number of nitrogens with one attached hydrogen (secondary N) is 1. The second kappa shape index (κ2) is 4.51. The summed E-state index contributed by atoms with van der Waals surface area (Å²) in [5, 5.41) is 7.33. The van der Waals surface area contributed by atoms with Crippen LogP contribution in [0.1, 0.15) is 0 Å². The molecule has 0 fully saturated rings. The Labute approximate surface area is 115 Å². The quantitative estimate of drug-likeness (QED) is 0.716. The lowest BCUT2D eigenvalue weighted by Crippen LogP contribution is -2.00. The molecule has 0 aliphatic heterocycles. The SMILES string of the molecule is CNc1cnn(-c2cnc3cc(OC)c(S)cn23)c1. The molecule has 3 heterocycles. The van der Waals surface area contributed by atoms with Crippen molar-refractivity contribution in [3.8, 4) is 11.6 Å². The summed E-state index contributed by atoms with van der Waals surface area (Å²) in [5.74, 6) is 1.54. The van der Waals surface area contributed by atoms with E-state index in [-0.39, 0.29) is 0 Å². The van der Waals surface area contributed by atoms with Gasteiger partial charge >= 0.3 is 0 Å². The Bertz CT molecular complexity index is 733. The molecule has 1 N–H and O–H groups in total. The van der Waals surface area contributed by atoms with Crippen LogP contribution in [0.2, 0.25) is 0 Å². The minimum atomic E-state index is 0.698. The second-order valence-corrected chi connectivity index (χ2v) is 4.48. The summed E-state index contributed by atoms with van der Waals surface area (Å²) in [6, 6.07) is 1.84. The molecule has 0 aliphatic carbocycles. The Morgan fingerprint density at radius 3 is 2.84 bits per heavy atom. The van der Waals surface area contributed by atoms with E-state index >= 15 is 0 Å². The molecule has 3 aromatic rings. The number of methoxy groups -OCH3 is 1. The van der Waals surface area contributed by atoms with Crippen molar-refractivity contribution in [3.05, 3.63) is 30.9 Å². The number of thiol groups is 1. The third kappa shape index (κ3) is 1.91. The molecule has 0 atom stereocenters. The molecule has 3 aromatic heterocycles. The molecule has 19 heavy (non-hydrogen) atoms. The highest BCUT2D eigenvalue weighted by Crippen LogP contribution is 2.25. The lowest BCUT2D eigenvalue weighted by atomic mass is 10.4. The van der Waals surface area contributed by atoms with Crippen LogP contribution in [0.5, 0.6) is 5.75 Å². The summed E-state index contributed by atoms with van der Waals surface area (Å²) >= 11 is 4.40. The van der Waals surface area contributed by atoms with Gasteiger partial charge < -0.3 is 10.1 Å². The van der Waals surface area contributed by atoms with Gasteiger partial charge in [-0.05, 0) is 0 Å². The highest BCUT2D eigenvalue weighted by molar-refractivity contribution is 7.80. The number of nitrogens with zero attached hydrogens (tertiary/aromatic N) is 4.